The molecule has 2 aliphatic carbocycles. The van der Waals surface area contributed by atoms with Crippen LogP contribution in [0.3, 0.4) is 0 Å². The third kappa shape index (κ3) is 3.90. The second-order valence-electron chi connectivity index (χ2n) is 7.07. The molecule has 1 N–H and O–H groups in total. The Hall–Kier alpha value is -1.32. The molecule has 1 amide bonds. The topological polar surface area (TPSA) is 55.4 Å². The summed E-state index contributed by atoms with van der Waals surface area (Å²) in [4.78, 5) is 24.7. The van der Waals surface area contributed by atoms with Crippen molar-refractivity contribution in [2.24, 2.45) is 11.8 Å². The summed E-state index contributed by atoms with van der Waals surface area (Å²) in [5, 5.41) is 2.98. The van der Waals surface area contributed by atoms with Crippen LogP contribution in [0, 0.1) is 11.8 Å². The van der Waals surface area contributed by atoms with Crippen molar-refractivity contribution in [2.45, 2.75) is 76.9 Å². The molecule has 1 unspecified atom stereocenters. The third-order valence-electron chi connectivity index (χ3n) is 4.93. The maximum absolute atomic E-state index is 12.6. The van der Waals surface area contributed by atoms with Gasteiger partial charge in [-0.25, -0.2) is 4.79 Å². The molecule has 4 nitrogen and oxygen atoms in total. The Kier molecular flexibility index (Phi) is 5.65. The highest BCUT2D eigenvalue weighted by Crippen LogP contribution is 2.49. The number of esters is 1. The van der Waals surface area contributed by atoms with E-state index in [9.17, 15) is 9.59 Å². The summed E-state index contributed by atoms with van der Waals surface area (Å²) in [5.41, 5.74) is -0.762. The van der Waals surface area contributed by atoms with Crippen molar-refractivity contribution in [2.75, 3.05) is 0 Å². The van der Waals surface area contributed by atoms with Crippen LogP contribution in [0.5, 0.6) is 0 Å². The summed E-state index contributed by atoms with van der Waals surface area (Å²) >= 11 is 0. The average Bonchev–Trinajstić information content (AvgIpc) is 2.97. The fourth-order valence-corrected chi connectivity index (χ4v) is 3.50. The van der Waals surface area contributed by atoms with E-state index >= 15 is 0 Å². The molecule has 0 spiro atoms. The molecule has 124 valence electrons. The van der Waals surface area contributed by atoms with Crippen molar-refractivity contribution in [3.63, 3.8) is 0 Å². The molecule has 2 aliphatic rings. The Balaban J connectivity index is 1.94. The van der Waals surface area contributed by atoms with Gasteiger partial charge in [0.25, 0.3) is 0 Å². The minimum absolute atomic E-state index is 0.0478. The standard InChI is InChI=1S/C18H29NO3/c1-4-5-6-11-16(20)19-18(12-15(18)13(2)3)17(21)22-14-9-7-8-10-14/h4,13-15H,1,5-12H2,2-3H3,(H,19,20)/t15-,18?/m0/s1. The van der Waals surface area contributed by atoms with Gasteiger partial charge in [-0.15, -0.1) is 6.58 Å². The average molecular weight is 307 g/mol. The number of allylic oxidation sites excluding steroid dienone is 1. The normalized spacial score (nSPS) is 27.7. The van der Waals surface area contributed by atoms with Crippen LogP contribution in [0.2, 0.25) is 0 Å². The minimum atomic E-state index is -0.762. The van der Waals surface area contributed by atoms with Crippen LogP contribution in [0.4, 0.5) is 0 Å². The molecule has 0 radical (unpaired) electrons. The molecule has 0 aliphatic heterocycles. The van der Waals surface area contributed by atoms with E-state index in [1.807, 2.05) is 6.08 Å². The molecule has 2 atom stereocenters. The summed E-state index contributed by atoms with van der Waals surface area (Å²) in [6, 6.07) is 0. The molecule has 4 heteroatoms. The predicted molar refractivity (Wildman–Crippen MR) is 86.2 cm³/mol. The molecule has 2 rings (SSSR count). The maximum atomic E-state index is 12.6. The number of amides is 1. The zero-order chi connectivity index (χ0) is 16.2. The van der Waals surface area contributed by atoms with E-state index in [-0.39, 0.29) is 23.9 Å². The number of hydrogen-bond donors (Lipinski definition) is 1. The van der Waals surface area contributed by atoms with Gasteiger partial charge in [-0.05, 0) is 56.8 Å². The summed E-state index contributed by atoms with van der Waals surface area (Å²) < 4.78 is 5.68. The predicted octanol–water partition coefficient (Wildman–Crippen LogP) is 3.36. The van der Waals surface area contributed by atoms with Crippen molar-refractivity contribution >= 4 is 11.9 Å². The van der Waals surface area contributed by atoms with E-state index in [1.54, 1.807) is 0 Å². The Morgan fingerprint density at radius 2 is 2.05 bits per heavy atom. The summed E-state index contributed by atoms with van der Waals surface area (Å²) in [6.45, 7) is 7.85. The molecular weight excluding hydrogens is 278 g/mol. The van der Waals surface area contributed by atoms with E-state index in [2.05, 4.69) is 25.7 Å². The van der Waals surface area contributed by atoms with E-state index in [0.29, 0.717) is 18.8 Å². The summed E-state index contributed by atoms with van der Waals surface area (Å²) in [6.07, 6.45) is 8.79. The molecule has 22 heavy (non-hydrogen) atoms. The zero-order valence-corrected chi connectivity index (χ0v) is 13.9. The summed E-state index contributed by atoms with van der Waals surface area (Å²) in [7, 11) is 0. The smallest absolute Gasteiger partial charge is 0.332 e. The minimum Gasteiger partial charge on any atom is -0.461 e. The summed E-state index contributed by atoms with van der Waals surface area (Å²) in [5.74, 6) is 0.304. The van der Waals surface area contributed by atoms with Gasteiger partial charge in [-0.2, -0.15) is 0 Å². The Morgan fingerprint density at radius 1 is 1.36 bits per heavy atom. The maximum Gasteiger partial charge on any atom is 0.332 e. The lowest BCUT2D eigenvalue weighted by molar-refractivity contribution is -0.155. The van der Waals surface area contributed by atoms with Crippen LogP contribution in [0.25, 0.3) is 0 Å². The number of nitrogens with one attached hydrogen (secondary N) is 1. The quantitative estimate of drug-likeness (QED) is 0.425. The van der Waals surface area contributed by atoms with E-state index in [4.69, 9.17) is 4.74 Å². The Bertz CT molecular complexity index is 426. The molecule has 0 heterocycles. The zero-order valence-electron chi connectivity index (χ0n) is 13.9. The van der Waals surface area contributed by atoms with Gasteiger partial charge in [0, 0.05) is 6.42 Å². The van der Waals surface area contributed by atoms with Gasteiger partial charge >= 0.3 is 5.97 Å². The van der Waals surface area contributed by atoms with Crippen molar-refractivity contribution in [3.05, 3.63) is 12.7 Å². The van der Waals surface area contributed by atoms with Crippen molar-refractivity contribution in [3.8, 4) is 0 Å². The molecule has 2 fully saturated rings. The van der Waals surface area contributed by atoms with Crippen LogP contribution in [-0.2, 0) is 14.3 Å². The molecule has 0 aromatic carbocycles. The number of hydrogen-bond acceptors (Lipinski definition) is 3. The highest BCUT2D eigenvalue weighted by atomic mass is 16.5. The molecule has 0 aromatic rings. The van der Waals surface area contributed by atoms with Gasteiger partial charge in [0.1, 0.15) is 11.6 Å². The van der Waals surface area contributed by atoms with E-state index < -0.39 is 5.54 Å². The largest absolute Gasteiger partial charge is 0.461 e. The second-order valence-corrected chi connectivity index (χ2v) is 7.07. The van der Waals surface area contributed by atoms with Crippen LogP contribution >= 0.6 is 0 Å². The van der Waals surface area contributed by atoms with Crippen LogP contribution in [0.15, 0.2) is 12.7 Å². The van der Waals surface area contributed by atoms with E-state index in [1.165, 1.54) is 0 Å². The first kappa shape index (κ1) is 17.0. The first-order valence-electron chi connectivity index (χ1n) is 8.62. The first-order valence-corrected chi connectivity index (χ1v) is 8.62. The van der Waals surface area contributed by atoms with E-state index in [0.717, 1.165) is 38.5 Å². The molecule has 0 bridgehead atoms. The lowest BCUT2D eigenvalue weighted by atomic mass is 10.0. The van der Waals surface area contributed by atoms with Gasteiger partial charge in [-0.1, -0.05) is 19.9 Å². The Morgan fingerprint density at radius 3 is 2.59 bits per heavy atom. The van der Waals surface area contributed by atoms with Gasteiger partial charge in [0.2, 0.25) is 5.91 Å². The van der Waals surface area contributed by atoms with Gasteiger partial charge in [0.05, 0.1) is 0 Å². The number of ether oxygens (including phenoxy) is 1. The van der Waals surface area contributed by atoms with Gasteiger partial charge < -0.3 is 10.1 Å². The number of unbranched alkanes of at least 4 members (excludes halogenated alkanes) is 1. The number of carbonyl (C=O) groups is 2. The molecule has 0 aromatic heterocycles. The third-order valence-corrected chi connectivity index (χ3v) is 4.93. The molecule has 2 saturated carbocycles. The highest BCUT2D eigenvalue weighted by Gasteiger charge is 2.63. The lowest BCUT2D eigenvalue weighted by Gasteiger charge is -2.22. The van der Waals surface area contributed by atoms with Crippen LogP contribution < -0.4 is 5.32 Å². The molecule has 0 saturated heterocycles. The lowest BCUT2D eigenvalue weighted by Crippen LogP contribution is -2.47. The van der Waals surface area contributed by atoms with Gasteiger partial charge in [-0.3, -0.25) is 4.79 Å². The first-order chi connectivity index (χ1) is 10.5. The number of carbonyl (C=O) groups excluding carboxylic acids is 2. The Labute approximate surface area is 133 Å². The van der Waals surface area contributed by atoms with Crippen LogP contribution in [0.1, 0.15) is 65.2 Å². The fourth-order valence-electron chi connectivity index (χ4n) is 3.50. The monoisotopic (exact) mass is 307 g/mol. The van der Waals surface area contributed by atoms with Crippen molar-refractivity contribution in [1.29, 1.82) is 0 Å². The number of rotatable bonds is 8. The highest BCUT2D eigenvalue weighted by molar-refractivity contribution is 5.91. The second kappa shape index (κ2) is 7.30. The van der Waals surface area contributed by atoms with Gasteiger partial charge in [0.15, 0.2) is 0 Å². The van der Waals surface area contributed by atoms with Crippen molar-refractivity contribution in [1.82, 2.24) is 5.32 Å². The SMILES string of the molecule is C=CCCCC(=O)NC1(C(=O)OC2CCCC2)C[C@H]1C(C)C. The molecular formula is C18H29NO3. The fraction of sp³-hybridized carbons (Fsp3) is 0.778. The van der Waals surface area contributed by atoms with Crippen molar-refractivity contribution < 1.29 is 14.3 Å². The van der Waals surface area contributed by atoms with Crippen LogP contribution in [-0.4, -0.2) is 23.5 Å².